The average molecular weight is 361 g/mol. The van der Waals surface area contributed by atoms with Crippen molar-refractivity contribution in [1.82, 2.24) is 9.97 Å². The van der Waals surface area contributed by atoms with Gasteiger partial charge in [0.15, 0.2) is 5.78 Å². The molecule has 3 N–H and O–H groups in total. The minimum Gasteiger partial charge on any atom is -0.396 e. The van der Waals surface area contributed by atoms with E-state index in [0.29, 0.717) is 24.6 Å². The van der Waals surface area contributed by atoms with Gasteiger partial charge in [0.05, 0.1) is 5.88 Å². The van der Waals surface area contributed by atoms with Crippen molar-refractivity contribution in [1.29, 1.82) is 0 Å². The van der Waals surface area contributed by atoms with Crippen LogP contribution in [0.1, 0.15) is 29.0 Å². The molecule has 2 unspecified atom stereocenters. The molecule has 6 nitrogen and oxygen atoms in total. The van der Waals surface area contributed by atoms with Gasteiger partial charge in [0, 0.05) is 24.6 Å². The maximum absolute atomic E-state index is 12.7. The maximum Gasteiger partial charge on any atom is 0.170 e. The highest BCUT2D eigenvalue weighted by atomic mass is 35.5. The third kappa shape index (κ3) is 3.19. The van der Waals surface area contributed by atoms with Crippen LogP contribution in [0.4, 0.5) is 11.6 Å². The van der Waals surface area contributed by atoms with E-state index in [1.807, 2.05) is 36.1 Å². The molecule has 1 aromatic heterocycles. The number of carbonyl (C=O) groups excluding carboxylic acids is 1. The lowest BCUT2D eigenvalue weighted by molar-refractivity contribution is -0.118. The van der Waals surface area contributed by atoms with Gasteiger partial charge >= 0.3 is 0 Å². The van der Waals surface area contributed by atoms with Crippen molar-refractivity contribution in [3.63, 3.8) is 0 Å². The van der Waals surface area contributed by atoms with E-state index >= 15 is 0 Å². The number of carbonyl (C=O) groups is 1. The predicted octanol–water partition coefficient (Wildman–Crippen LogP) is 1.88. The smallest absolute Gasteiger partial charge is 0.170 e. The normalized spacial score (nSPS) is 19.1. The summed E-state index contributed by atoms with van der Waals surface area (Å²) >= 11 is 5.90. The summed E-state index contributed by atoms with van der Waals surface area (Å²) in [5.41, 5.74) is 9.02. The summed E-state index contributed by atoms with van der Waals surface area (Å²) in [5, 5.41) is 9.23. The first-order valence-corrected chi connectivity index (χ1v) is 8.75. The van der Waals surface area contributed by atoms with Crippen LogP contribution in [-0.4, -0.2) is 45.9 Å². The van der Waals surface area contributed by atoms with E-state index in [1.54, 1.807) is 0 Å². The van der Waals surface area contributed by atoms with Gasteiger partial charge in [-0.2, -0.15) is 0 Å². The fourth-order valence-corrected chi connectivity index (χ4v) is 3.60. The Bertz CT molecular complexity index is 766. The van der Waals surface area contributed by atoms with Crippen LogP contribution in [0.25, 0.3) is 0 Å². The second-order valence-corrected chi connectivity index (χ2v) is 6.47. The predicted molar refractivity (Wildman–Crippen MR) is 98.0 cm³/mol. The number of nitrogens with two attached hydrogens (primary N) is 1. The number of anilines is 2. The largest absolute Gasteiger partial charge is 0.396 e. The van der Waals surface area contributed by atoms with Crippen LogP contribution < -0.4 is 10.6 Å². The molecule has 0 radical (unpaired) electrons. The fraction of sp³-hybridized carbons (Fsp3) is 0.389. The molecule has 1 aromatic carbocycles. The summed E-state index contributed by atoms with van der Waals surface area (Å²) in [6.07, 6.45) is 1.93. The zero-order chi connectivity index (χ0) is 18.0. The van der Waals surface area contributed by atoms with Crippen LogP contribution in [0.2, 0.25) is 0 Å². The van der Waals surface area contributed by atoms with Crippen molar-refractivity contribution < 1.29 is 9.90 Å². The Kier molecular flexibility index (Phi) is 5.20. The van der Waals surface area contributed by atoms with Gasteiger partial charge in [-0.15, -0.1) is 11.6 Å². The molecule has 132 valence electrons. The minimum absolute atomic E-state index is 0.0311. The zero-order valence-corrected chi connectivity index (χ0v) is 14.8. The average Bonchev–Trinajstić information content (AvgIpc) is 2.95. The summed E-state index contributed by atoms with van der Waals surface area (Å²) in [7, 11) is 0. The van der Waals surface area contributed by atoms with Crippen molar-refractivity contribution in [2.45, 2.75) is 25.3 Å². The van der Waals surface area contributed by atoms with Gasteiger partial charge in [-0.1, -0.05) is 29.8 Å². The first-order chi connectivity index (χ1) is 12.1. The number of aryl methyl sites for hydroxylation is 1. The monoisotopic (exact) mass is 360 g/mol. The van der Waals surface area contributed by atoms with Crippen LogP contribution >= 0.6 is 11.6 Å². The number of aliphatic hydroxyl groups is 1. The highest BCUT2D eigenvalue weighted by Gasteiger charge is 2.45. The van der Waals surface area contributed by atoms with E-state index in [9.17, 15) is 9.90 Å². The number of halogens is 1. The standard InChI is InChI=1S/C18H21ClN4O2/c1-11-3-5-12(6-4-11)14-15-17(20)21-10-22-18(15)23(7-2-8-24)16(14)13(25)9-19/h3-6,10,14,16,24H,2,7-9H2,1H3,(H2,20,21,22). The number of Topliss-reactive ketones (excluding diaryl/α,β-unsaturated/α-hetero) is 1. The van der Waals surface area contributed by atoms with Crippen molar-refractivity contribution in [3.05, 3.63) is 47.3 Å². The molecule has 0 saturated heterocycles. The topological polar surface area (TPSA) is 92.3 Å². The molecule has 2 heterocycles. The molecular formula is C18H21ClN4O2. The van der Waals surface area contributed by atoms with E-state index < -0.39 is 6.04 Å². The van der Waals surface area contributed by atoms with E-state index in [0.717, 1.165) is 16.7 Å². The summed E-state index contributed by atoms with van der Waals surface area (Å²) in [5.74, 6) is 0.554. The fourth-order valence-electron chi connectivity index (χ4n) is 3.44. The Morgan fingerprint density at radius 3 is 2.68 bits per heavy atom. The molecule has 2 aromatic rings. The number of ketones is 1. The molecule has 25 heavy (non-hydrogen) atoms. The molecule has 0 spiro atoms. The first kappa shape index (κ1) is 17.6. The van der Waals surface area contributed by atoms with Gasteiger partial charge in [-0.05, 0) is 18.9 Å². The van der Waals surface area contributed by atoms with Crippen LogP contribution in [0, 0.1) is 6.92 Å². The Hall–Kier alpha value is -2.18. The number of rotatable bonds is 6. The lowest BCUT2D eigenvalue weighted by atomic mass is 9.86. The molecule has 2 atom stereocenters. The number of aliphatic hydroxyl groups excluding tert-OH is 1. The Morgan fingerprint density at radius 1 is 1.32 bits per heavy atom. The van der Waals surface area contributed by atoms with Crippen molar-refractivity contribution >= 4 is 29.0 Å². The molecule has 0 fully saturated rings. The molecular weight excluding hydrogens is 340 g/mol. The second-order valence-electron chi connectivity index (χ2n) is 6.20. The maximum atomic E-state index is 12.7. The van der Waals surface area contributed by atoms with Crippen LogP contribution in [0.15, 0.2) is 30.6 Å². The number of nitrogens with zero attached hydrogens (tertiary/aromatic N) is 3. The molecule has 1 aliphatic rings. The Balaban J connectivity index is 2.15. The van der Waals surface area contributed by atoms with Crippen molar-refractivity contribution in [3.8, 4) is 0 Å². The number of alkyl halides is 1. The lowest BCUT2D eigenvalue weighted by Gasteiger charge is -2.28. The summed E-state index contributed by atoms with van der Waals surface area (Å²) in [4.78, 5) is 23.1. The summed E-state index contributed by atoms with van der Waals surface area (Å²) in [6.45, 7) is 2.54. The number of aromatic nitrogens is 2. The lowest BCUT2D eigenvalue weighted by Crippen LogP contribution is -2.42. The van der Waals surface area contributed by atoms with E-state index in [-0.39, 0.29) is 24.2 Å². The Morgan fingerprint density at radius 2 is 2.04 bits per heavy atom. The molecule has 0 bridgehead atoms. The van der Waals surface area contributed by atoms with Gasteiger partial charge in [0.25, 0.3) is 0 Å². The molecule has 0 aliphatic carbocycles. The quantitative estimate of drug-likeness (QED) is 0.764. The zero-order valence-electron chi connectivity index (χ0n) is 14.0. The molecule has 0 saturated carbocycles. The number of fused-ring (bicyclic) bond motifs is 1. The van der Waals surface area contributed by atoms with E-state index in [2.05, 4.69) is 9.97 Å². The first-order valence-electron chi connectivity index (χ1n) is 8.21. The molecule has 3 rings (SSSR count). The number of nitrogen functional groups attached to an aromatic ring is 1. The minimum atomic E-state index is -0.499. The van der Waals surface area contributed by atoms with Crippen LogP contribution in [0.3, 0.4) is 0 Å². The summed E-state index contributed by atoms with van der Waals surface area (Å²) in [6, 6.07) is 7.52. The summed E-state index contributed by atoms with van der Waals surface area (Å²) < 4.78 is 0. The van der Waals surface area contributed by atoms with Crippen molar-refractivity contribution in [2.75, 3.05) is 29.7 Å². The SMILES string of the molecule is Cc1ccc(C2c3c(N)ncnc3N(CCCO)C2C(=O)CCl)cc1. The Labute approximate surface area is 151 Å². The van der Waals surface area contributed by atoms with Gasteiger partial charge in [0.2, 0.25) is 0 Å². The second kappa shape index (κ2) is 7.37. The molecule has 7 heteroatoms. The highest BCUT2D eigenvalue weighted by Crippen LogP contribution is 2.46. The van der Waals surface area contributed by atoms with E-state index in [4.69, 9.17) is 17.3 Å². The number of hydrogen-bond acceptors (Lipinski definition) is 6. The molecule has 0 amide bonds. The third-order valence-corrected chi connectivity index (χ3v) is 4.85. The highest BCUT2D eigenvalue weighted by molar-refractivity contribution is 6.29. The van der Waals surface area contributed by atoms with Gasteiger partial charge < -0.3 is 15.7 Å². The van der Waals surface area contributed by atoms with Gasteiger partial charge in [-0.3, -0.25) is 4.79 Å². The third-order valence-electron chi connectivity index (χ3n) is 4.58. The van der Waals surface area contributed by atoms with Crippen LogP contribution in [-0.2, 0) is 4.79 Å². The number of benzene rings is 1. The number of hydrogen-bond donors (Lipinski definition) is 2. The van der Waals surface area contributed by atoms with Gasteiger partial charge in [-0.25, -0.2) is 9.97 Å². The van der Waals surface area contributed by atoms with Crippen LogP contribution in [0.5, 0.6) is 0 Å². The van der Waals surface area contributed by atoms with Crippen molar-refractivity contribution in [2.24, 2.45) is 0 Å². The molecule has 1 aliphatic heterocycles. The van der Waals surface area contributed by atoms with Gasteiger partial charge in [0.1, 0.15) is 24.0 Å². The van der Waals surface area contributed by atoms with E-state index in [1.165, 1.54) is 6.33 Å².